The number of anilines is 1. The lowest BCUT2D eigenvalue weighted by molar-refractivity contribution is -0.114. The van der Waals surface area contributed by atoms with Crippen LogP contribution in [0.3, 0.4) is 0 Å². The molecule has 3 rings (SSSR count). The van der Waals surface area contributed by atoms with Crippen LogP contribution in [0, 0.1) is 5.82 Å². The molecular weight excluding hydrogens is 486 g/mol. The van der Waals surface area contributed by atoms with Gasteiger partial charge in [0.1, 0.15) is 18.1 Å². The van der Waals surface area contributed by atoms with Crippen molar-refractivity contribution in [2.45, 2.75) is 25.2 Å². The zero-order valence-corrected chi connectivity index (χ0v) is 18.6. The van der Waals surface area contributed by atoms with Crippen molar-refractivity contribution < 1.29 is 14.3 Å². The maximum absolute atomic E-state index is 13.5. The first-order valence-electron chi connectivity index (χ1n) is 9.38. The van der Waals surface area contributed by atoms with Crippen molar-refractivity contribution in [2.75, 3.05) is 25.0 Å². The van der Waals surface area contributed by atoms with E-state index in [9.17, 15) is 14.3 Å². The maximum Gasteiger partial charge on any atom is 0.246 e. The molecular formula is C21H26FIN4O2. The molecule has 0 unspecified atom stereocenters. The topological polar surface area (TPSA) is 85.8 Å². The highest BCUT2D eigenvalue weighted by Crippen LogP contribution is 2.47. The quantitative estimate of drug-likeness (QED) is 0.199. The number of phenolic OH excluding ortho intramolecular Hbond substituents is 1. The molecule has 1 aliphatic carbocycles. The van der Waals surface area contributed by atoms with Gasteiger partial charge in [0.2, 0.25) is 5.91 Å². The second-order valence-corrected chi connectivity index (χ2v) is 6.93. The standard InChI is InChI=1S/C21H25FN4O2.HI/c1-2-23-20(24-13-19(28)26-17-6-8-18(27)9-7-17)25-14-21(10-11-21)15-4-3-5-16(22)12-15;/h3-9,12,27H,2,10-11,13-14H2,1H3,(H,26,28)(H2,23,24,25);1H. The number of rotatable bonds is 7. The molecule has 2 aromatic rings. The van der Waals surface area contributed by atoms with Crippen LogP contribution in [0.15, 0.2) is 53.5 Å². The summed E-state index contributed by atoms with van der Waals surface area (Å²) in [6.45, 7) is 3.20. The van der Waals surface area contributed by atoms with E-state index >= 15 is 0 Å². The molecule has 1 amide bonds. The molecule has 6 nitrogen and oxygen atoms in total. The Balaban J connectivity index is 0.00000300. The zero-order chi connectivity index (χ0) is 20.0. The van der Waals surface area contributed by atoms with Gasteiger partial charge in [-0.15, -0.1) is 24.0 Å². The first-order chi connectivity index (χ1) is 13.5. The van der Waals surface area contributed by atoms with E-state index < -0.39 is 0 Å². The van der Waals surface area contributed by atoms with Gasteiger partial charge < -0.3 is 21.1 Å². The van der Waals surface area contributed by atoms with E-state index in [1.54, 1.807) is 24.3 Å². The Morgan fingerprint density at radius 3 is 2.52 bits per heavy atom. The third-order valence-corrected chi connectivity index (χ3v) is 4.76. The third-order valence-electron chi connectivity index (χ3n) is 4.76. The molecule has 0 aliphatic heterocycles. The van der Waals surface area contributed by atoms with Crippen LogP contribution in [-0.4, -0.2) is 36.6 Å². The highest BCUT2D eigenvalue weighted by atomic mass is 127. The lowest BCUT2D eigenvalue weighted by Gasteiger charge is -2.19. The number of aromatic hydroxyl groups is 1. The molecule has 0 aromatic heterocycles. The number of guanidine groups is 1. The van der Waals surface area contributed by atoms with Crippen LogP contribution >= 0.6 is 24.0 Å². The third kappa shape index (κ3) is 6.59. The molecule has 1 fully saturated rings. The Morgan fingerprint density at radius 2 is 1.90 bits per heavy atom. The smallest absolute Gasteiger partial charge is 0.246 e. The van der Waals surface area contributed by atoms with Gasteiger partial charge >= 0.3 is 0 Å². The number of phenols is 1. The average molecular weight is 512 g/mol. The first kappa shape index (κ1) is 22.9. The molecule has 0 spiro atoms. The lowest BCUT2D eigenvalue weighted by atomic mass is 9.96. The SMILES string of the molecule is CCNC(=NCC(=O)Nc1ccc(O)cc1)NCC1(c2cccc(F)c2)CC1.I. The minimum atomic E-state index is -0.255. The molecule has 0 atom stereocenters. The van der Waals surface area contributed by atoms with Gasteiger partial charge in [-0.25, -0.2) is 9.38 Å². The average Bonchev–Trinajstić information content (AvgIpc) is 3.47. The Labute approximate surface area is 187 Å². The summed E-state index contributed by atoms with van der Waals surface area (Å²) in [4.78, 5) is 16.4. The monoisotopic (exact) mass is 512 g/mol. The molecule has 0 bridgehead atoms. The van der Waals surface area contributed by atoms with E-state index in [1.807, 2.05) is 13.0 Å². The normalized spacial score (nSPS) is 14.5. The van der Waals surface area contributed by atoms with Crippen molar-refractivity contribution in [3.63, 3.8) is 0 Å². The second-order valence-electron chi connectivity index (χ2n) is 6.93. The minimum Gasteiger partial charge on any atom is -0.508 e. The number of nitrogens with one attached hydrogen (secondary N) is 3. The Bertz CT molecular complexity index is 854. The fraction of sp³-hybridized carbons (Fsp3) is 0.333. The number of carbonyl (C=O) groups is 1. The van der Waals surface area contributed by atoms with Crippen molar-refractivity contribution >= 4 is 41.5 Å². The summed E-state index contributed by atoms with van der Waals surface area (Å²) in [5.74, 6) is 0.206. The van der Waals surface area contributed by atoms with Gasteiger partial charge in [-0.2, -0.15) is 0 Å². The molecule has 2 aromatic carbocycles. The van der Waals surface area contributed by atoms with Gasteiger partial charge in [-0.3, -0.25) is 4.79 Å². The van der Waals surface area contributed by atoms with Crippen LogP contribution in [0.25, 0.3) is 0 Å². The highest BCUT2D eigenvalue weighted by Gasteiger charge is 2.44. The Morgan fingerprint density at radius 1 is 1.17 bits per heavy atom. The molecule has 4 N–H and O–H groups in total. The summed E-state index contributed by atoms with van der Waals surface area (Å²) in [6.07, 6.45) is 1.98. The summed E-state index contributed by atoms with van der Waals surface area (Å²) in [6, 6.07) is 13.0. The van der Waals surface area contributed by atoms with Crippen LogP contribution < -0.4 is 16.0 Å². The Kier molecular flexibility index (Phi) is 8.24. The van der Waals surface area contributed by atoms with Crippen LogP contribution in [-0.2, 0) is 10.2 Å². The fourth-order valence-corrected chi connectivity index (χ4v) is 3.03. The van der Waals surface area contributed by atoms with Crippen molar-refractivity contribution in [1.29, 1.82) is 0 Å². The molecule has 156 valence electrons. The van der Waals surface area contributed by atoms with Crippen LogP contribution in [0.4, 0.5) is 10.1 Å². The second kappa shape index (κ2) is 10.4. The molecule has 8 heteroatoms. The summed E-state index contributed by atoms with van der Waals surface area (Å²) >= 11 is 0. The van der Waals surface area contributed by atoms with E-state index in [4.69, 9.17) is 0 Å². The highest BCUT2D eigenvalue weighted by molar-refractivity contribution is 14.0. The van der Waals surface area contributed by atoms with Crippen molar-refractivity contribution in [2.24, 2.45) is 4.99 Å². The van der Waals surface area contributed by atoms with Gasteiger partial charge in [-0.05, 0) is 61.7 Å². The van der Waals surface area contributed by atoms with Crippen molar-refractivity contribution in [3.05, 3.63) is 59.9 Å². The van der Waals surface area contributed by atoms with Gasteiger partial charge in [-0.1, -0.05) is 12.1 Å². The largest absolute Gasteiger partial charge is 0.508 e. The number of carbonyl (C=O) groups excluding carboxylic acids is 1. The van der Waals surface area contributed by atoms with Crippen molar-refractivity contribution in [1.82, 2.24) is 10.6 Å². The lowest BCUT2D eigenvalue weighted by Crippen LogP contribution is -2.41. The van der Waals surface area contributed by atoms with E-state index in [-0.39, 0.29) is 53.4 Å². The predicted octanol–water partition coefficient (Wildman–Crippen LogP) is 3.37. The number of nitrogens with zero attached hydrogens (tertiary/aromatic N) is 1. The van der Waals surface area contributed by atoms with Crippen LogP contribution in [0.1, 0.15) is 25.3 Å². The van der Waals surface area contributed by atoms with E-state index in [0.29, 0.717) is 24.7 Å². The molecule has 0 saturated heterocycles. The van der Waals surface area contributed by atoms with Gasteiger partial charge in [0, 0.05) is 24.2 Å². The number of hydrogen-bond acceptors (Lipinski definition) is 3. The molecule has 29 heavy (non-hydrogen) atoms. The predicted molar refractivity (Wildman–Crippen MR) is 123 cm³/mol. The van der Waals surface area contributed by atoms with Crippen molar-refractivity contribution in [3.8, 4) is 5.75 Å². The Hall–Kier alpha value is -2.36. The van der Waals surface area contributed by atoms with Crippen LogP contribution in [0.5, 0.6) is 5.75 Å². The van der Waals surface area contributed by atoms with E-state index in [1.165, 1.54) is 18.2 Å². The van der Waals surface area contributed by atoms with Gasteiger partial charge in [0.15, 0.2) is 5.96 Å². The number of aliphatic imine (C=N–C) groups is 1. The fourth-order valence-electron chi connectivity index (χ4n) is 3.03. The van der Waals surface area contributed by atoms with E-state index in [0.717, 1.165) is 18.4 Å². The molecule has 0 radical (unpaired) electrons. The molecule has 0 heterocycles. The van der Waals surface area contributed by atoms with Gasteiger partial charge in [0.05, 0.1) is 0 Å². The van der Waals surface area contributed by atoms with Crippen LogP contribution in [0.2, 0.25) is 0 Å². The van der Waals surface area contributed by atoms with E-state index in [2.05, 4.69) is 20.9 Å². The summed E-state index contributed by atoms with van der Waals surface area (Å²) < 4.78 is 13.5. The summed E-state index contributed by atoms with van der Waals surface area (Å²) in [7, 11) is 0. The number of amides is 1. The first-order valence-corrected chi connectivity index (χ1v) is 9.38. The number of hydrogen-bond donors (Lipinski definition) is 4. The van der Waals surface area contributed by atoms with Gasteiger partial charge in [0.25, 0.3) is 0 Å². The summed E-state index contributed by atoms with van der Waals surface area (Å²) in [5.41, 5.74) is 1.51. The number of halogens is 2. The number of benzene rings is 2. The molecule has 1 saturated carbocycles. The minimum absolute atomic E-state index is 0. The zero-order valence-electron chi connectivity index (χ0n) is 16.2. The maximum atomic E-state index is 13.5. The summed E-state index contributed by atoms with van der Waals surface area (Å²) in [5, 5.41) is 18.4. The molecule has 1 aliphatic rings.